The Morgan fingerprint density at radius 3 is 2.64 bits per heavy atom. The minimum atomic E-state index is -0.979. The van der Waals surface area contributed by atoms with Gasteiger partial charge in [-0.15, -0.1) is 0 Å². The lowest BCUT2D eigenvalue weighted by Gasteiger charge is -2.35. The summed E-state index contributed by atoms with van der Waals surface area (Å²) in [6.07, 6.45) is 1.26. The van der Waals surface area contributed by atoms with Crippen molar-refractivity contribution < 1.29 is 14.3 Å². The van der Waals surface area contributed by atoms with Gasteiger partial charge in [-0.3, -0.25) is 9.18 Å². The summed E-state index contributed by atoms with van der Waals surface area (Å²) >= 11 is 0. The van der Waals surface area contributed by atoms with Crippen molar-refractivity contribution in [2.75, 3.05) is 6.67 Å². The van der Waals surface area contributed by atoms with Gasteiger partial charge in [-0.1, -0.05) is 0 Å². The molecule has 1 saturated carbocycles. The zero-order valence-corrected chi connectivity index (χ0v) is 6.16. The third-order valence-electron chi connectivity index (χ3n) is 2.28. The first kappa shape index (κ1) is 8.46. The van der Waals surface area contributed by atoms with Gasteiger partial charge >= 0.3 is 5.97 Å². The minimum Gasteiger partial charge on any atom is -0.480 e. The predicted octanol–water partition coefficient (Wildman–Crippen LogP) is 0.394. The normalized spacial score (nSPS) is 32.5. The lowest BCUT2D eigenvalue weighted by Crippen LogP contribution is -2.44. The van der Waals surface area contributed by atoms with Crippen LogP contribution in [-0.4, -0.2) is 23.8 Å². The van der Waals surface area contributed by atoms with Crippen molar-refractivity contribution >= 4 is 5.97 Å². The van der Waals surface area contributed by atoms with Crippen LogP contribution in [0.15, 0.2) is 0 Å². The first-order chi connectivity index (χ1) is 5.15. The number of halogens is 1. The third kappa shape index (κ3) is 1.68. The first-order valence-corrected chi connectivity index (χ1v) is 3.69. The van der Waals surface area contributed by atoms with Crippen molar-refractivity contribution in [3.05, 3.63) is 0 Å². The molecule has 0 spiro atoms. The third-order valence-corrected chi connectivity index (χ3v) is 2.28. The number of alkyl halides is 1. The van der Waals surface area contributed by atoms with Gasteiger partial charge in [0.05, 0.1) is 6.67 Å². The van der Waals surface area contributed by atoms with Gasteiger partial charge in [0.15, 0.2) is 0 Å². The zero-order valence-electron chi connectivity index (χ0n) is 6.16. The number of hydrogen-bond acceptors (Lipinski definition) is 2. The maximum Gasteiger partial charge on any atom is 0.320 e. The Morgan fingerprint density at radius 1 is 1.73 bits per heavy atom. The molecule has 0 aromatic carbocycles. The van der Waals surface area contributed by atoms with E-state index in [4.69, 9.17) is 10.8 Å². The van der Waals surface area contributed by atoms with Crippen molar-refractivity contribution in [3.63, 3.8) is 0 Å². The van der Waals surface area contributed by atoms with Gasteiger partial charge in [-0.25, -0.2) is 0 Å². The van der Waals surface area contributed by atoms with Crippen LogP contribution in [0.4, 0.5) is 4.39 Å². The Balaban J connectivity index is 2.26. The van der Waals surface area contributed by atoms with Crippen LogP contribution in [-0.2, 0) is 4.79 Å². The van der Waals surface area contributed by atoms with Crippen LogP contribution in [0, 0.1) is 11.8 Å². The van der Waals surface area contributed by atoms with Gasteiger partial charge in [0.25, 0.3) is 0 Å². The summed E-state index contributed by atoms with van der Waals surface area (Å²) in [4.78, 5) is 10.3. The largest absolute Gasteiger partial charge is 0.480 e. The summed E-state index contributed by atoms with van der Waals surface area (Å²) < 4.78 is 11.9. The minimum absolute atomic E-state index is 0.00625. The second-order valence-electron chi connectivity index (χ2n) is 3.12. The molecule has 1 unspecified atom stereocenters. The summed E-state index contributed by atoms with van der Waals surface area (Å²) in [6, 6.07) is -0.794. The number of carboxylic acids is 1. The first-order valence-electron chi connectivity index (χ1n) is 3.69. The van der Waals surface area contributed by atoms with E-state index in [1.165, 1.54) is 0 Å². The molecule has 1 fully saturated rings. The second kappa shape index (κ2) is 3.17. The van der Waals surface area contributed by atoms with E-state index in [0.29, 0.717) is 12.8 Å². The Bertz CT molecular complexity index is 157. The lowest BCUT2D eigenvalue weighted by atomic mass is 9.72. The monoisotopic (exact) mass is 161 g/mol. The average molecular weight is 161 g/mol. The molecule has 0 saturated heterocycles. The molecule has 64 valence electrons. The number of carbonyl (C=O) groups is 1. The van der Waals surface area contributed by atoms with Crippen LogP contribution < -0.4 is 5.73 Å². The molecule has 0 aromatic heterocycles. The fourth-order valence-electron chi connectivity index (χ4n) is 1.41. The van der Waals surface area contributed by atoms with E-state index < -0.39 is 12.0 Å². The number of aliphatic carboxylic acids is 1. The highest BCUT2D eigenvalue weighted by molar-refractivity contribution is 5.73. The van der Waals surface area contributed by atoms with Crippen molar-refractivity contribution in [1.29, 1.82) is 0 Å². The van der Waals surface area contributed by atoms with Crippen molar-refractivity contribution in [2.45, 2.75) is 18.9 Å². The fraction of sp³-hybridized carbons (Fsp3) is 0.857. The van der Waals surface area contributed by atoms with Gasteiger partial charge in [0.1, 0.15) is 6.04 Å². The van der Waals surface area contributed by atoms with Crippen LogP contribution in [0.3, 0.4) is 0 Å². The van der Waals surface area contributed by atoms with Crippen LogP contribution >= 0.6 is 0 Å². The molecule has 4 heteroatoms. The lowest BCUT2D eigenvalue weighted by molar-refractivity contribution is -0.141. The number of hydrogen-bond donors (Lipinski definition) is 2. The topological polar surface area (TPSA) is 63.3 Å². The standard InChI is InChI=1S/C7H12FNO2/c8-3-4-1-5(2-4)6(9)7(10)11/h4-6H,1-3,9H2,(H,10,11)/t4-,5+,6?. The molecule has 11 heavy (non-hydrogen) atoms. The number of nitrogens with two attached hydrogens (primary N) is 1. The van der Waals surface area contributed by atoms with E-state index in [9.17, 15) is 9.18 Å². The predicted molar refractivity (Wildman–Crippen MR) is 37.8 cm³/mol. The van der Waals surface area contributed by atoms with Crippen molar-refractivity contribution in [1.82, 2.24) is 0 Å². The summed E-state index contributed by atoms with van der Waals surface area (Å²) in [5, 5.41) is 8.46. The van der Waals surface area contributed by atoms with E-state index in [2.05, 4.69) is 0 Å². The maximum atomic E-state index is 11.9. The van der Waals surface area contributed by atoms with Gasteiger partial charge in [0, 0.05) is 0 Å². The molecule has 0 amide bonds. The highest BCUT2D eigenvalue weighted by Gasteiger charge is 2.36. The van der Waals surface area contributed by atoms with Gasteiger partial charge in [-0.2, -0.15) is 0 Å². The highest BCUT2D eigenvalue weighted by Crippen LogP contribution is 2.35. The molecule has 3 nitrogen and oxygen atoms in total. The molecule has 0 bridgehead atoms. The molecule has 1 atom stereocenters. The highest BCUT2D eigenvalue weighted by atomic mass is 19.1. The van der Waals surface area contributed by atoms with E-state index >= 15 is 0 Å². The zero-order chi connectivity index (χ0) is 8.43. The Kier molecular flexibility index (Phi) is 2.44. The van der Waals surface area contributed by atoms with Crippen LogP contribution in [0.1, 0.15) is 12.8 Å². The SMILES string of the molecule is NC(C(=O)O)[C@H]1C[C@@H](CF)C1. The van der Waals surface area contributed by atoms with Crippen LogP contribution in [0.25, 0.3) is 0 Å². The molecule has 1 aliphatic carbocycles. The summed E-state index contributed by atoms with van der Waals surface area (Å²) in [5.41, 5.74) is 5.32. The van der Waals surface area contributed by atoms with Crippen LogP contribution in [0.5, 0.6) is 0 Å². The molecular formula is C7H12FNO2. The summed E-state index contributed by atoms with van der Waals surface area (Å²) in [7, 11) is 0. The summed E-state index contributed by atoms with van der Waals surface area (Å²) in [6.45, 7) is -0.344. The van der Waals surface area contributed by atoms with E-state index in [-0.39, 0.29) is 18.5 Å². The number of rotatable bonds is 3. The van der Waals surface area contributed by atoms with Crippen molar-refractivity contribution in [3.8, 4) is 0 Å². The van der Waals surface area contributed by atoms with E-state index in [1.807, 2.05) is 0 Å². The van der Waals surface area contributed by atoms with Crippen molar-refractivity contribution in [2.24, 2.45) is 17.6 Å². The smallest absolute Gasteiger partial charge is 0.320 e. The maximum absolute atomic E-state index is 11.9. The molecule has 0 heterocycles. The number of carboxylic acid groups (broad SMARTS) is 1. The molecule has 1 aliphatic rings. The average Bonchev–Trinajstić information content (AvgIpc) is 1.85. The quantitative estimate of drug-likeness (QED) is 0.629. The van der Waals surface area contributed by atoms with E-state index in [1.54, 1.807) is 0 Å². The van der Waals surface area contributed by atoms with Gasteiger partial charge < -0.3 is 10.8 Å². The van der Waals surface area contributed by atoms with Gasteiger partial charge in [-0.05, 0) is 24.7 Å². The molecule has 3 N–H and O–H groups in total. The molecule has 0 aliphatic heterocycles. The Hall–Kier alpha value is -0.640. The summed E-state index contributed by atoms with van der Waals surface area (Å²) in [5.74, 6) is -0.925. The van der Waals surface area contributed by atoms with E-state index in [0.717, 1.165) is 0 Å². The molecule has 0 radical (unpaired) electrons. The Morgan fingerprint density at radius 2 is 2.27 bits per heavy atom. The molecule has 0 aromatic rings. The molecule has 1 rings (SSSR count). The molecular weight excluding hydrogens is 149 g/mol. The van der Waals surface area contributed by atoms with Crippen LogP contribution in [0.2, 0.25) is 0 Å². The van der Waals surface area contributed by atoms with Gasteiger partial charge in [0.2, 0.25) is 0 Å². The fourth-order valence-corrected chi connectivity index (χ4v) is 1.41. The second-order valence-corrected chi connectivity index (χ2v) is 3.12. The Labute approximate surface area is 64.4 Å².